The van der Waals surface area contributed by atoms with E-state index in [1.165, 1.54) is 5.56 Å². The van der Waals surface area contributed by atoms with Crippen LogP contribution in [0.4, 0.5) is 4.79 Å². The summed E-state index contributed by atoms with van der Waals surface area (Å²) < 4.78 is 10.6. The Balaban J connectivity index is 1.22. The average Bonchev–Trinajstić information content (AvgIpc) is 2.91. The fourth-order valence-corrected chi connectivity index (χ4v) is 4.90. The largest absolute Gasteiger partial charge is 0.497 e. The van der Waals surface area contributed by atoms with Crippen molar-refractivity contribution in [1.29, 1.82) is 0 Å². The van der Waals surface area contributed by atoms with Gasteiger partial charge in [0.1, 0.15) is 11.5 Å². The number of piperazine rings is 1. The Labute approximate surface area is 207 Å². The molecule has 188 valence electrons. The number of rotatable bonds is 7. The van der Waals surface area contributed by atoms with Gasteiger partial charge in [0.25, 0.3) is 5.91 Å². The van der Waals surface area contributed by atoms with E-state index in [1.54, 1.807) is 42.2 Å². The third kappa shape index (κ3) is 6.45. The summed E-state index contributed by atoms with van der Waals surface area (Å²) in [6, 6.07) is 15.7. The molecule has 2 aromatic rings. The number of likely N-dealkylation sites (tertiary alicyclic amines) is 1. The molecular weight excluding hydrogens is 444 g/mol. The Hall–Kier alpha value is -3.26. The van der Waals surface area contributed by atoms with Crippen molar-refractivity contribution in [2.75, 3.05) is 60.0 Å². The number of urea groups is 1. The molecule has 1 unspecified atom stereocenters. The van der Waals surface area contributed by atoms with E-state index in [2.05, 4.69) is 34.5 Å². The van der Waals surface area contributed by atoms with Crippen LogP contribution in [0.5, 0.6) is 11.5 Å². The van der Waals surface area contributed by atoms with Crippen molar-refractivity contribution < 1.29 is 19.1 Å². The number of nitrogens with zero attached hydrogens (tertiary/aromatic N) is 3. The molecule has 4 rings (SSSR count). The van der Waals surface area contributed by atoms with Crippen molar-refractivity contribution in [3.8, 4) is 11.5 Å². The minimum absolute atomic E-state index is 0.0423. The number of hydrogen-bond acceptors (Lipinski definition) is 5. The predicted molar refractivity (Wildman–Crippen MR) is 135 cm³/mol. The van der Waals surface area contributed by atoms with Gasteiger partial charge in [0, 0.05) is 51.9 Å². The highest BCUT2D eigenvalue weighted by atomic mass is 16.5. The zero-order valence-corrected chi connectivity index (χ0v) is 20.7. The van der Waals surface area contributed by atoms with Crippen molar-refractivity contribution in [2.24, 2.45) is 5.92 Å². The summed E-state index contributed by atoms with van der Waals surface area (Å²) >= 11 is 0. The van der Waals surface area contributed by atoms with E-state index in [0.717, 1.165) is 32.5 Å². The van der Waals surface area contributed by atoms with Gasteiger partial charge in [-0.3, -0.25) is 9.69 Å². The van der Waals surface area contributed by atoms with E-state index in [4.69, 9.17) is 9.47 Å². The van der Waals surface area contributed by atoms with Gasteiger partial charge in [0.15, 0.2) is 0 Å². The standard InChI is InChI=1S/C27H36N4O4/c1-34-23-10-11-24(25(17-23)35-2)26(32)30-13-15-31(16-14-30)27(33)28-18-22-9-6-12-29(20-22)19-21-7-4-3-5-8-21/h3-5,7-8,10-11,17,22H,6,9,12-16,18-20H2,1-2H3,(H,28,33). The van der Waals surface area contributed by atoms with Crippen LogP contribution in [0.25, 0.3) is 0 Å². The first-order valence-corrected chi connectivity index (χ1v) is 12.4. The van der Waals surface area contributed by atoms with Gasteiger partial charge in [-0.15, -0.1) is 0 Å². The highest BCUT2D eigenvalue weighted by Gasteiger charge is 2.27. The maximum Gasteiger partial charge on any atom is 0.317 e. The molecule has 2 aliphatic heterocycles. The number of ether oxygens (including phenoxy) is 2. The normalized spacial score (nSPS) is 18.7. The van der Waals surface area contributed by atoms with Crippen LogP contribution in [0.15, 0.2) is 48.5 Å². The van der Waals surface area contributed by atoms with Gasteiger partial charge in [-0.2, -0.15) is 0 Å². The molecule has 2 heterocycles. The summed E-state index contributed by atoms with van der Waals surface area (Å²) in [4.78, 5) is 31.9. The van der Waals surface area contributed by atoms with E-state index in [0.29, 0.717) is 55.7 Å². The van der Waals surface area contributed by atoms with Gasteiger partial charge in [-0.1, -0.05) is 30.3 Å². The van der Waals surface area contributed by atoms with Crippen LogP contribution in [0.2, 0.25) is 0 Å². The molecule has 35 heavy (non-hydrogen) atoms. The first kappa shape index (κ1) is 24.9. The van der Waals surface area contributed by atoms with Crippen molar-refractivity contribution >= 4 is 11.9 Å². The van der Waals surface area contributed by atoms with Crippen molar-refractivity contribution in [3.05, 3.63) is 59.7 Å². The van der Waals surface area contributed by atoms with Crippen molar-refractivity contribution in [3.63, 3.8) is 0 Å². The fourth-order valence-electron chi connectivity index (χ4n) is 4.90. The molecule has 1 N–H and O–H groups in total. The topological polar surface area (TPSA) is 74.4 Å². The number of carbonyl (C=O) groups excluding carboxylic acids is 2. The predicted octanol–water partition coefficient (Wildman–Crippen LogP) is 3.08. The fraction of sp³-hybridized carbons (Fsp3) is 0.481. The van der Waals surface area contributed by atoms with Crippen LogP contribution in [-0.2, 0) is 6.54 Å². The van der Waals surface area contributed by atoms with E-state index >= 15 is 0 Å². The molecule has 0 aromatic heterocycles. The number of piperidine rings is 1. The lowest BCUT2D eigenvalue weighted by molar-refractivity contribution is 0.0660. The minimum Gasteiger partial charge on any atom is -0.497 e. The second kappa shape index (κ2) is 11.9. The second-order valence-corrected chi connectivity index (χ2v) is 9.26. The van der Waals surface area contributed by atoms with Crippen LogP contribution in [0.1, 0.15) is 28.8 Å². The maximum atomic E-state index is 13.0. The van der Waals surface area contributed by atoms with E-state index in [-0.39, 0.29) is 11.9 Å². The number of methoxy groups -OCH3 is 2. The summed E-state index contributed by atoms with van der Waals surface area (Å²) in [7, 11) is 3.12. The number of hydrogen-bond donors (Lipinski definition) is 1. The quantitative estimate of drug-likeness (QED) is 0.659. The van der Waals surface area contributed by atoms with E-state index < -0.39 is 0 Å². The van der Waals surface area contributed by atoms with Gasteiger partial charge in [-0.05, 0) is 43.0 Å². The molecule has 0 aliphatic carbocycles. The van der Waals surface area contributed by atoms with E-state index in [1.807, 2.05) is 6.07 Å². The van der Waals surface area contributed by atoms with E-state index in [9.17, 15) is 9.59 Å². The molecule has 2 saturated heterocycles. The lowest BCUT2D eigenvalue weighted by Gasteiger charge is -2.36. The van der Waals surface area contributed by atoms with Crippen LogP contribution in [0.3, 0.4) is 0 Å². The summed E-state index contributed by atoms with van der Waals surface area (Å²) in [6.07, 6.45) is 2.29. The van der Waals surface area contributed by atoms with Crippen molar-refractivity contribution in [1.82, 2.24) is 20.0 Å². The Kier molecular flexibility index (Phi) is 8.47. The Bertz CT molecular complexity index is 992. The third-order valence-electron chi connectivity index (χ3n) is 6.89. The number of carbonyl (C=O) groups is 2. The zero-order chi connectivity index (χ0) is 24.6. The lowest BCUT2D eigenvalue weighted by atomic mass is 9.97. The average molecular weight is 481 g/mol. The van der Waals surface area contributed by atoms with Crippen molar-refractivity contribution in [2.45, 2.75) is 19.4 Å². The number of amides is 3. The molecule has 8 heteroatoms. The molecule has 1 atom stereocenters. The monoisotopic (exact) mass is 480 g/mol. The lowest BCUT2D eigenvalue weighted by Crippen LogP contribution is -2.54. The smallest absolute Gasteiger partial charge is 0.317 e. The molecule has 0 spiro atoms. The summed E-state index contributed by atoms with van der Waals surface area (Å²) in [5.74, 6) is 1.50. The first-order valence-electron chi connectivity index (χ1n) is 12.4. The summed E-state index contributed by atoms with van der Waals surface area (Å²) in [6.45, 7) is 5.77. The highest BCUT2D eigenvalue weighted by Crippen LogP contribution is 2.26. The molecule has 3 amide bonds. The summed E-state index contributed by atoms with van der Waals surface area (Å²) in [5.41, 5.74) is 1.83. The van der Waals surface area contributed by atoms with Gasteiger partial charge in [-0.25, -0.2) is 4.79 Å². The van der Waals surface area contributed by atoms with Gasteiger partial charge in [0.2, 0.25) is 0 Å². The Morgan fingerprint density at radius 2 is 1.69 bits per heavy atom. The van der Waals surface area contributed by atoms with Crippen LogP contribution >= 0.6 is 0 Å². The second-order valence-electron chi connectivity index (χ2n) is 9.26. The molecular formula is C27H36N4O4. The molecule has 0 bridgehead atoms. The number of nitrogens with one attached hydrogen (secondary N) is 1. The number of benzene rings is 2. The zero-order valence-electron chi connectivity index (χ0n) is 20.7. The minimum atomic E-state index is -0.0923. The molecule has 2 aromatic carbocycles. The molecule has 0 radical (unpaired) electrons. The van der Waals surface area contributed by atoms with Gasteiger partial charge < -0.3 is 24.6 Å². The third-order valence-corrected chi connectivity index (χ3v) is 6.89. The molecule has 8 nitrogen and oxygen atoms in total. The van der Waals surface area contributed by atoms with Crippen LogP contribution < -0.4 is 14.8 Å². The highest BCUT2D eigenvalue weighted by molar-refractivity contribution is 5.97. The molecule has 2 fully saturated rings. The first-order chi connectivity index (χ1) is 17.1. The summed E-state index contributed by atoms with van der Waals surface area (Å²) in [5, 5.41) is 3.14. The Morgan fingerprint density at radius 3 is 2.40 bits per heavy atom. The Morgan fingerprint density at radius 1 is 0.943 bits per heavy atom. The van der Waals surface area contributed by atoms with Crippen LogP contribution in [0, 0.1) is 5.92 Å². The SMILES string of the molecule is COc1ccc(C(=O)N2CCN(C(=O)NCC3CCCN(Cc4ccccc4)C3)CC2)c(OC)c1. The maximum absolute atomic E-state index is 13.0. The molecule has 0 saturated carbocycles. The van der Waals surface area contributed by atoms with Gasteiger partial charge >= 0.3 is 6.03 Å². The van der Waals surface area contributed by atoms with Gasteiger partial charge in [0.05, 0.1) is 19.8 Å². The molecule has 2 aliphatic rings. The van der Waals surface area contributed by atoms with Crippen LogP contribution in [-0.4, -0.2) is 86.7 Å².